The number of aliphatic imine (C=N–C) groups is 1. The quantitative estimate of drug-likeness (QED) is 0.258. The Morgan fingerprint density at radius 3 is 2.47 bits per heavy atom. The molecule has 5 rings (SSSR count). The molecule has 9 heteroatoms. The summed E-state index contributed by atoms with van der Waals surface area (Å²) in [5.74, 6) is 1.63. The lowest BCUT2D eigenvalue weighted by Gasteiger charge is -2.19. The first kappa shape index (κ1) is 22.6. The lowest BCUT2D eigenvalue weighted by atomic mass is 9.99. The van der Waals surface area contributed by atoms with Crippen molar-refractivity contribution in [3.05, 3.63) is 86.8 Å². The maximum absolute atomic E-state index is 10.9. The summed E-state index contributed by atoms with van der Waals surface area (Å²) in [5.41, 5.74) is 4.71. The van der Waals surface area contributed by atoms with Gasteiger partial charge < -0.3 is 15.5 Å². The second-order valence-electron chi connectivity index (χ2n) is 8.35. The van der Waals surface area contributed by atoms with Crippen LogP contribution in [-0.2, 0) is 0 Å². The van der Waals surface area contributed by atoms with Gasteiger partial charge in [0, 0.05) is 33.1 Å². The summed E-state index contributed by atoms with van der Waals surface area (Å²) in [6.45, 7) is 6.15. The van der Waals surface area contributed by atoms with Crippen molar-refractivity contribution in [3.8, 4) is 10.8 Å². The van der Waals surface area contributed by atoms with Gasteiger partial charge in [-0.3, -0.25) is 9.56 Å². The number of aromatic hydroxyl groups is 1. The highest BCUT2D eigenvalue weighted by atomic mass is 35.5. The Morgan fingerprint density at radius 1 is 1.06 bits per heavy atom. The van der Waals surface area contributed by atoms with Crippen molar-refractivity contribution < 1.29 is 10.2 Å². The van der Waals surface area contributed by atoms with E-state index in [1.54, 1.807) is 35.6 Å². The summed E-state index contributed by atoms with van der Waals surface area (Å²) in [6, 6.07) is 13.8. The monoisotopic (exact) mass is 493 g/mol. The highest BCUT2D eigenvalue weighted by molar-refractivity contribution is 7.15. The molecule has 0 aliphatic carbocycles. The molecule has 2 aromatic heterocycles. The molecule has 34 heavy (non-hydrogen) atoms. The lowest BCUT2D eigenvalue weighted by Crippen LogP contribution is -2.22. The molecule has 0 bridgehead atoms. The summed E-state index contributed by atoms with van der Waals surface area (Å²) >= 11 is 7.85. The molecule has 4 aromatic rings. The van der Waals surface area contributed by atoms with E-state index >= 15 is 0 Å². The van der Waals surface area contributed by atoms with Gasteiger partial charge in [0.05, 0.1) is 5.71 Å². The number of thiophene rings is 1. The molecule has 3 heterocycles. The molecule has 3 N–H and O–H groups in total. The molecule has 0 amide bonds. The third-order valence-corrected chi connectivity index (χ3v) is 7.45. The summed E-state index contributed by atoms with van der Waals surface area (Å²) in [4.78, 5) is 6.36. The maximum atomic E-state index is 10.9. The predicted octanol–water partition coefficient (Wildman–Crippen LogP) is 5.33. The molecule has 1 aliphatic rings. The molecule has 0 saturated heterocycles. The molecule has 2 aromatic carbocycles. The van der Waals surface area contributed by atoms with Gasteiger partial charge >= 0.3 is 0 Å². The van der Waals surface area contributed by atoms with Crippen molar-refractivity contribution in [2.45, 2.75) is 39.5 Å². The van der Waals surface area contributed by atoms with Crippen LogP contribution in [0.1, 0.15) is 45.7 Å². The van der Waals surface area contributed by atoms with Crippen molar-refractivity contribution in [1.82, 2.24) is 14.8 Å². The Labute approximate surface area is 206 Å². The zero-order valence-electron chi connectivity index (χ0n) is 19.0. The minimum atomic E-state index is -0.894. The Morgan fingerprint density at radius 2 is 1.76 bits per heavy atom. The van der Waals surface area contributed by atoms with Gasteiger partial charge in [-0.15, -0.1) is 21.5 Å². The average molecular weight is 494 g/mol. The predicted molar refractivity (Wildman–Crippen MR) is 136 cm³/mol. The molecule has 0 radical (unpaired) electrons. The van der Waals surface area contributed by atoms with E-state index in [0.717, 1.165) is 33.2 Å². The van der Waals surface area contributed by atoms with E-state index in [9.17, 15) is 10.2 Å². The van der Waals surface area contributed by atoms with Gasteiger partial charge in [-0.25, -0.2) is 0 Å². The second kappa shape index (κ2) is 8.87. The molecule has 0 fully saturated rings. The number of fused-ring (bicyclic) bond motifs is 3. The number of halogens is 1. The van der Waals surface area contributed by atoms with Gasteiger partial charge in [-0.05, 0) is 62.7 Å². The number of benzene rings is 2. The fourth-order valence-electron chi connectivity index (χ4n) is 4.17. The van der Waals surface area contributed by atoms with Crippen molar-refractivity contribution in [3.63, 3.8) is 0 Å². The van der Waals surface area contributed by atoms with Crippen LogP contribution in [0.25, 0.3) is 5.00 Å². The van der Waals surface area contributed by atoms with E-state index in [1.165, 1.54) is 4.88 Å². The number of phenols is 1. The van der Waals surface area contributed by atoms with Crippen LogP contribution in [0.15, 0.2) is 53.5 Å². The normalized spacial score (nSPS) is 15.8. The van der Waals surface area contributed by atoms with Crippen molar-refractivity contribution in [1.29, 1.82) is 0 Å². The number of nitrogens with zero attached hydrogens (tertiary/aromatic N) is 4. The standard InChI is InChI=1S/C25H24ClN5O2S/c1-13-14(2)34-25-22(13)23(16-4-6-17(26)7-5-16)28-20(24-30-29-15(3)31(24)25)12-21(33)27-18-8-10-19(32)11-9-18/h4-11,20-21,27,32-33H,12H2,1-3H3/t20-,21?/m0/s1. The van der Waals surface area contributed by atoms with Crippen LogP contribution in [0.5, 0.6) is 5.75 Å². The number of aromatic nitrogens is 3. The van der Waals surface area contributed by atoms with E-state index in [2.05, 4.69) is 33.9 Å². The second-order valence-corrected chi connectivity index (χ2v) is 9.99. The Bertz CT molecular complexity index is 1380. The summed E-state index contributed by atoms with van der Waals surface area (Å²) < 4.78 is 2.06. The summed E-state index contributed by atoms with van der Waals surface area (Å²) in [5, 5.41) is 34.0. The first-order chi connectivity index (χ1) is 16.3. The average Bonchev–Trinajstić information content (AvgIpc) is 3.28. The Hall–Kier alpha value is -3.20. The van der Waals surface area contributed by atoms with Gasteiger partial charge in [-0.2, -0.15) is 0 Å². The van der Waals surface area contributed by atoms with E-state index < -0.39 is 12.3 Å². The van der Waals surface area contributed by atoms with Crippen LogP contribution in [0.3, 0.4) is 0 Å². The van der Waals surface area contributed by atoms with Crippen molar-refractivity contribution >= 4 is 34.3 Å². The number of aliphatic hydroxyl groups is 1. The molecule has 1 aliphatic heterocycles. The van der Waals surface area contributed by atoms with Gasteiger partial charge in [0.25, 0.3) is 0 Å². The van der Waals surface area contributed by atoms with Crippen molar-refractivity contribution in [2.75, 3.05) is 5.32 Å². The van der Waals surface area contributed by atoms with Gasteiger partial charge in [-0.1, -0.05) is 23.7 Å². The Kier molecular flexibility index (Phi) is 5.89. The fourth-order valence-corrected chi connectivity index (χ4v) is 5.51. The van der Waals surface area contributed by atoms with Gasteiger partial charge in [0.1, 0.15) is 28.8 Å². The molecule has 0 saturated carbocycles. The number of anilines is 1. The molecule has 0 spiro atoms. The minimum Gasteiger partial charge on any atom is -0.508 e. The largest absolute Gasteiger partial charge is 0.508 e. The molecule has 7 nitrogen and oxygen atoms in total. The molecule has 1 unspecified atom stereocenters. The minimum absolute atomic E-state index is 0.168. The SMILES string of the molecule is Cc1sc2c(c1C)C(c1ccc(Cl)cc1)=N[C@@H](CC(O)Nc1ccc(O)cc1)c1nnc(C)n1-2. The first-order valence-corrected chi connectivity index (χ1v) is 12.1. The van der Waals surface area contributed by atoms with Gasteiger partial charge in [0.15, 0.2) is 5.82 Å². The van der Waals surface area contributed by atoms with Gasteiger partial charge in [0.2, 0.25) is 0 Å². The third-order valence-electron chi connectivity index (χ3n) is 6.00. The fraction of sp³-hybridized carbons (Fsp3) is 0.240. The first-order valence-electron chi connectivity index (χ1n) is 10.9. The lowest BCUT2D eigenvalue weighted by molar-refractivity contribution is 0.182. The van der Waals surface area contributed by atoms with Crippen molar-refractivity contribution in [2.24, 2.45) is 4.99 Å². The number of hydrogen-bond acceptors (Lipinski definition) is 7. The number of hydrogen-bond donors (Lipinski definition) is 3. The van der Waals surface area contributed by atoms with Crippen LogP contribution < -0.4 is 5.32 Å². The summed E-state index contributed by atoms with van der Waals surface area (Å²) in [7, 11) is 0. The van der Waals surface area contributed by atoms with Crippen LogP contribution in [-0.4, -0.2) is 36.9 Å². The number of aliphatic hydroxyl groups excluding tert-OH is 1. The molecule has 2 atom stereocenters. The van der Waals surface area contributed by atoms with Crippen LogP contribution in [0, 0.1) is 20.8 Å². The van der Waals surface area contributed by atoms with E-state index in [1.807, 2.05) is 31.2 Å². The van der Waals surface area contributed by atoms with Crippen LogP contribution in [0.2, 0.25) is 5.02 Å². The zero-order chi connectivity index (χ0) is 24.0. The highest BCUT2D eigenvalue weighted by Gasteiger charge is 2.32. The third kappa shape index (κ3) is 4.09. The molecular formula is C25H24ClN5O2S. The summed E-state index contributed by atoms with van der Waals surface area (Å²) in [6.07, 6.45) is -0.613. The van der Waals surface area contributed by atoms with E-state index in [0.29, 0.717) is 16.5 Å². The van der Waals surface area contributed by atoms with Crippen LogP contribution >= 0.6 is 22.9 Å². The van der Waals surface area contributed by atoms with Crippen LogP contribution in [0.4, 0.5) is 5.69 Å². The molecular weight excluding hydrogens is 470 g/mol. The molecule has 174 valence electrons. The number of rotatable bonds is 5. The van der Waals surface area contributed by atoms with E-state index in [4.69, 9.17) is 16.6 Å². The zero-order valence-corrected chi connectivity index (χ0v) is 20.5. The topological polar surface area (TPSA) is 95.6 Å². The smallest absolute Gasteiger partial charge is 0.163 e. The number of phenolic OH excluding ortho intramolecular Hbond substituents is 1. The van der Waals surface area contributed by atoms with E-state index in [-0.39, 0.29) is 12.2 Å². The Balaban J connectivity index is 1.60. The highest BCUT2D eigenvalue weighted by Crippen LogP contribution is 2.40. The number of nitrogens with one attached hydrogen (secondary N) is 1. The maximum Gasteiger partial charge on any atom is 0.163 e. The number of aryl methyl sites for hydroxylation is 2.